The molecule has 1 saturated carbocycles. The van der Waals surface area contributed by atoms with E-state index >= 15 is 0 Å². The van der Waals surface area contributed by atoms with Gasteiger partial charge in [0.25, 0.3) is 0 Å². The SMILES string of the molecule is Cn1nccc1CCNC(=O)CC1(CN)CCCCC1. The number of aryl methyl sites for hydroxylation is 1. The van der Waals surface area contributed by atoms with Crippen LogP contribution in [0.3, 0.4) is 0 Å². The van der Waals surface area contributed by atoms with Gasteiger partial charge in [0, 0.05) is 38.3 Å². The van der Waals surface area contributed by atoms with Gasteiger partial charge in [-0.1, -0.05) is 19.3 Å². The summed E-state index contributed by atoms with van der Waals surface area (Å²) in [4.78, 5) is 12.1. The highest BCUT2D eigenvalue weighted by atomic mass is 16.1. The number of hydrogen-bond acceptors (Lipinski definition) is 3. The molecule has 1 aliphatic rings. The molecule has 20 heavy (non-hydrogen) atoms. The van der Waals surface area contributed by atoms with Crippen LogP contribution in [0.25, 0.3) is 0 Å². The second kappa shape index (κ2) is 6.88. The van der Waals surface area contributed by atoms with Crippen molar-refractivity contribution in [3.8, 4) is 0 Å². The first-order chi connectivity index (χ1) is 9.65. The Hall–Kier alpha value is -1.36. The first-order valence-electron chi connectivity index (χ1n) is 7.59. The van der Waals surface area contributed by atoms with Crippen LogP contribution in [-0.2, 0) is 18.3 Å². The molecular formula is C15H26N4O. The van der Waals surface area contributed by atoms with Crippen LogP contribution < -0.4 is 11.1 Å². The minimum Gasteiger partial charge on any atom is -0.356 e. The first-order valence-corrected chi connectivity index (χ1v) is 7.59. The van der Waals surface area contributed by atoms with E-state index in [2.05, 4.69) is 10.4 Å². The van der Waals surface area contributed by atoms with Crippen molar-refractivity contribution in [3.63, 3.8) is 0 Å². The fourth-order valence-corrected chi connectivity index (χ4v) is 3.13. The van der Waals surface area contributed by atoms with Gasteiger partial charge in [-0.25, -0.2) is 0 Å². The van der Waals surface area contributed by atoms with Crippen molar-refractivity contribution in [2.75, 3.05) is 13.1 Å². The highest BCUT2D eigenvalue weighted by Gasteiger charge is 2.32. The molecule has 1 aromatic heterocycles. The third kappa shape index (κ3) is 3.82. The van der Waals surface area contributed by atoms with E-state index in [1.54, 1.807) is 6.20 Å². The molecule has 0 atom stereocenters. The minimum atomic E-state index is 0.0505. The number of aromatic nitrogens is 2. The summed E-state index contributed by atoms with van der Waals surface area (Å²) in [6, 6.07) is 1.98. The summed E-state index contributed by atoms with van der Waals surface area (Å²) in [6.07, 6.45) is 9.06. The highest BCUT2D eigenvalue weighted by molar-refractivity contribution is 5.76. The second-order valence-electron chi connectivity index (χ2n) is 5.99. The maximum Gasteiger partial charge on any atom is 0.220 e. The molecule has 0 saturated heterocycles. The molecule has 3 N–H and O–H groups in total. The number of amides is 1. The molecule has 1 amide bonds. The van der Waals surface area contributed by atoms with Gasteiger partial charge in [0.1, 0.15) is 0 Å². The molecule has 1 fully saturated rings. The standard InChI is InChI=1S/C15H26N4O/c1-19-13(6-10-18-19)5-9-17-14(20)11-15(12-16)7-3-2-4-8-15/h6,10H,2-5,7-9,11-12,16H2,1H3,(H,17,20). The molecule has 1 aromatic rings. The smallest absolute Gasteiger partial charge is 0.220 e. The Morgan fingerprint density at radius 2 is 2.20 bits per heavy atom. The minimum absolute atomic E-state index is 0.0505. The van der Waals surface area contributed by atoms with Crippen LogP contribution >= 0.6 is 0 Å². The van der Waals surface area contributed by atoms with Crippen molar-refractivity contribution in [1.29, 1.82) is 0 Å². The van der Waals surface area contributed by atoms with Crippen LogP contribution in [0.1, 0.15) is 44.2 Å². The number of carbonyl (C=O) groups excluding carboxylic acids is 1. The van der Waals surface area contributed by atoms with Crippen molar-refractivity contribution < 1.29 is 4.79 Å². The van der Waals surface area contributed by atoms with E-state index in [1.807, 2.05) is 17.8 Å². The average Bonchev–Trinajstić information content (AvgIpc) is 2.85. The van der Waals surface area contributed by atoms with E-state index in [1.165, 1.54) is 19.3 Å². The maximum absolute atomic E-state index is 12.1. The van der Waals surface area contributed by atoms with Crippen molar-refractivity contribution in [1.82, 2.24) is 15.1 Å². The Bertz CT molecular complexity index is 435. The van der Waals surface area contributed by atoms with Gasteiger partial charge in [-0.2, -0.15) is 5.10 Å². The Morgan fingerprint density at radius 1 is 1.45 bits per heavy atom. The molecule has 5 heteroatoms. The van der Waals surface area contributed by atoms with E-state index in [-0.39, 0.29) is 11.3 Å². The van der Waals surface area contributed by atoms with Crippen LogP contribution in [0.4, 0.5) is 0 Å². The summed E-state index contributed by atoms with van der Waals surface area (Å²) in [5.41, 5.74) is 7.11. The van der Waals surface area contributed by atoms with E-state index in [0.29, 0.717) is 19.5 Å². The number of carbonyl (C=O) groups is 1. The van der Waals surface area contributed by atoms with Crippen molar-refractivity contribution >= 4 is 5.91 Å². The Kier molecular flexibility index (Phi) is 5.17. The third-order valence-electron chi connectivity index (χ3n) is 4.51. The summed E-state index contributed by atoms with van der Waals surface area (Å²) in [5, 5.41) is 7.14. The third-order valence-corrected chi connectivity index (χ3v) is 4.51. The molecule has 0 aliphatic heterocycles. The molecule has 0 radical (unpaired) electrons. The molecule has 5 nitrogen and oxygen atoms in total. The van der Waals surface area contributed by atoms with Gasteiger partial charge < -0.3 is 11.1 Å². The van der Waals surface area contributed by atoms with E-state index in [9.17, 15) is 4.79 Å². The summed E-state index contributed by atoms with van der Waals surface area (Å²) in [7, 11) is 1.92. The first kappa shape index (κ1) is 15.0. The van der Waals surface area contributed by atoms with Gasteiger partial charge >= 0.3 is 0 Å². The number of nitrogens with one attached hydrogen (secondary N) is 1. The van der Waals surface area contributed by atoms with E-state index in [0.717, 1.165) is 25.0 Å². The summed E-state index contributed by atoms with van der Waals surface area (Å²) >= 11 is 0. The lowest BCUT2D eigenvalue weighted by molar-refractivity contribution is -0.123. The van der Waals surface area contributed by atoms with Gasteiger partial charge in [0.05, 0.1) is 0 Å². The Balaban J connectivity index is 1.75. The van der Waals surface area contributed by atoms with Gasteiger partial charge in [-0.05, 0) is 30.9 Å². The quantitative estimate of drug-likeness (QED) is 0.825. The van der Waals surface area contributed by atoms with Crippen molar-refractivity contribution in [2.45, 2.75) is 44.9 Å². The number of rotatable bonds is 6. The van der Waals surface area contributed by atoms with Crippen LogP contribution in [-0.4, -0.2) is 28.8 Å². The number of nitrogens with zero attached hydrogens (tertiary/aromatic N) is 2. The van der Waals surface area contributed by atoms with Crippen LogP contribution in [0.15, 0.2) is 12.3 Å². The van der Waals surface area contributed by atoms with Crippen molar-refractivity contribution in [3.05, 3.63) is 18.0 Å². The molecule has 0 bridgehead atoms. The fourth-order valence-electron chi connectivity index (χ4n) is 3.13. The lowest BCUT2D eigenvalue weighted by Crippen LogP contribution is -2.39. The zero-order valence-corrected chi connectivity index (χ0v) is 12.4. The maximum atomic E-state index is 12.1. The zero-order valence-electron chi connectivity index (χ0n) is 12.4. The summed E-state index contributed by atoms with van der Waals surface area (Å²) in [5.74, 6) is 0.138. The highest BCUT2D eigenvalue weighted by Crippen LogP contribution is 2.38. The fraction of sp³-hybridized carbons (Fsp3) is 0.733. The van der Waals surface area contributed by atoms with Gasteiger partial charge in [0.2, 0.25) is 5.91 Å². The lowest BCUT2D eigenvalue weighted by Gasteiger charge is -2.35. The molecule has 0 aromatic carbocycles. The summed E-state index contributed by atoms with van der Waals surface area (Å²) < 4.78 is 1.84. The topological polar surface area (TPSA) is 72.9 Å². The van der Waals surface area contributed by atoms with Gasteiger partial charge in [-0.15, -0.1) is 0 Å². The predicted octanol–water partition coefficient (Wildman–Crippen LogP) is 1.38. The molecule has 0 unspecified atom stereocenters. The zero-order chi connectivity index (χ0) is 14.4. The number of nitrogens with two attached hydrogens (primary N) is 1. The molecular weight excluding hydrogens is 252 g/mol. The lowest BCUT2D eigenvalue weighted by atomic mass is 9.71. The normalized spacial score (nSPS) is 17.9. The van der Waals surface area contributed by atoms with Crippen molar-refractivity contribution in [2.24, 2.45) is 18.2 Å². The number of hydrogen-bond donors (Lipinski definition) is 2. The molecule has 1 aliphatic carbocycles. The van der Waals surface area contributed by atoms with Gasteiger partial charge in [-0.3, -0.25) is 9.48 Å². The average molecular weight is 278 g/mol. The van der Waals surface area contributed by atoms with E-state index in [4.69, 9.17) is 5.73 Å². The predicted molar refractivity (Wildman–Crippen MR) is 79.1 cm³/mol. The van der Waals surface area contributed by atoms with Gasteiger partial charge in [0.15, 0.2) is 0 Å². The largest absolute Gasteiger partial charge is 0.356 e. The molecule has 0 spiro atoms. The second-order valence-corrected chi connectivity index (χ2v) is 5.99. The van der Waals surface area contributed by atoms with E-state index < -0.39 is 0 Å². The Labute approximate surface area is 120 Å². The van der Waals surface area contributed by atoms with Crippen LogP contribution in [0.2, 0.25) is 0 Å². The van der Waals surface area contributed by atoms with Crippen LogP contribution in [0.5, 0.6) is 0 Å². The Morgan fingerprint density at radius 3 is 2.80 bits per heavy atom. The van der Waals surface area contributed by atoms with Crippen LogP contribution in [0, 0.1) is 5.41 Å². The molecule has 112 valence electrons. The summed E-state index contributed by atoms with van der Waals surface area (Å²) in [6.45, 7) is 1.29. The molecule has 2 rings (SSSR count). The monoisotopic (exact) mass is 278 g/mol. The molecule has 1 heterocycles.